The largest absolute Gasteiger partial charge is 0.356 e. The second kappa shape index (κ2) is 9.40. The van der Waals surface area contributed by atoms with Gasteiger partial charge in [-0.25, -0.2) is 0 Å². The molecule has 0 unspecified atom stereocenters. The zero-order valence-corrected chi connectivity index (χ0v) is 14.1. The van der Waals surface area contributed by atoms with Gasteiger partial charge < -0.3 is 15.5 Å². The highest BCUT2D eigenvalue weighted by molar-refractivity contribution is 5.79. The van der Waals surface area contributed by atoms with E-state index in [-0.39, 0.29) is 0 Å². The van der Waals surface area contributed by atoms with Gasteiger partial charge in [-0.3, -0.25) is 4.99 Å². The quantitative estimate of drug-likeness (QED) is 0.598. The number of benzene rings is 1. The van der Waals surface area contributed by atoms with Gasteiger partial charge in [0.1, 0.15) is 0 Å². The summed E-state index contributed by atoms with van der Waals surface area (Å²) in [5.41, 5.74) is 2.63. The van der Waals surface area contributed by atoms with E-state index in [1.54, 1.807) is 0 Å². The number of aliphatic imine (C=N–C) groups is 1. The van der Waals surface area contributed by atoms with Crippen LogP contribution in [-0.4, -0.2) is 38.0 Å². The van der Waals surface area contributed by atoms with Crippen LogP contribution >= 0.6 is 0 Å². The first-order valence-electron chi connectivity index (χ1n) is 7.76. The van der Waals surface area contributed by atoms with Crippen LogP contribution in [0.15, 0.2) is 29.3 Å². The van der Waals surface area contributed by atoms with Crippen molar-refractivity contribution >= 4 is 5.96 Å². The average molecular weight is 290 g/mol. The summed E-state index contributed by atoms with van der Waals surface area (Å²) in [6.45, 7) is 10.3. The van der Waals surface area contributed by atoms with Crippen molar-refractivity contribution < 1.29 is 0 Å². The van der Waals surface area contributed by atoms with Gasteiger partial charge in [0.05, 0.1) is 0 Å². The molecule has 0 atom stereocenters. The smallest absolute Gasteiger partial charge is 0.191 e. The van der Waals surface area contributed by atoms with Gasteiger partial charge in [0.15, 0.2) is 5.96 Å². The fraction of sp³-hybridized carbons (Fsp3) is 0.588. The number of nitrogens with one attached hydrogen (secondary N) is 2. The van der Waals surface area contributed by atoms with Crippen molar-refractivity contribution in [3.8, 4) is 0 Å². The second-order valence-electron chi connectivity index (χ2n) is 5.85. The van der Waals surface area contributed by atoms with E-state index < -0.39 is 0 Å². The third-order valence-corrected chi connectivity index (χ3v) is 3.35. The Balaban J connectivity index is 2.52. The molecular weight excluding hydrogens is 260 g/mol. The van der Waals surface area contributed by atoms with Crippen molar-refractivity contribution in [3.05, 3.63) is 35.4 Å². The van der Waals surface area contributed by atoms with E-state index >= 15 is 0 Å². The van der Waals surface area contributed by atoms with E-state index in [9.17, 15) is 0 Å². The Morgan fingerprint density at radius 3 is 2.57 bits per heavy atom. The lowest BCUT2D eigenvalue weighted by Gasteiger charge is -2.16. The molecule has 2 N–H and O–H groups in total. The molecule has 0 heterocycles. The van der Waals surface area contributed by atoms with Crippen LogP contribution in [0, 0.1) is 5.92 Å². The summed E-state index contributed by atoms with van der Waals surface area (Å²) in [6, 6.07) is 8.72. The number of hydrogen-bond acceptors (Lipinski definition) is 2. The highest BCUT2D eigenvalue weighted by atomic mass is 15.2. The molecule has 4 heteroatoms. The fourth-order valence-electron chi connectivity index (χ4n) is 1.97. The molecule has 0 aliphatic carbocycles. The van der Waals surface area contributed by atoms with Gasteiger partial charge in [0, 0.05) is 26.7 Å². The van der Waals surface area contributed by atoms with Crippen LogP contribution in [0.25, 0.3) is 0 Å². The van der Waals surface area contributed by atoms with Crippen LogP contribution in [0.1, 0.15) is 31.9 Å². The van der Waals surface area contributed by atoms with Gasteiger partial charge in [-0.2, -0.15) is 0 Å². The summed E-state index contributed by atoms with van der Waals surface area (Å²) in [7, 11) is 3.95. The first-order chi connectivity index (χ1) is 10.0. The van der Waals surface area contributed by atoms with E-state index in [1.165, 1.54) is 11.1 Å². The molecule has 1 aromatic carbocycles. The molecule has 118 valence electrons. The van der Waals surface area contributed by atoms with E-state index in [4.69, 9.17) is 0 Å². The number of hydrogen-bond donors (Lipinski definition) is 2. The monoisotopic (exact) mass is 290 g/mol. The number of nitrogens with zero attached hydrogens (tertiary/aromatic N) is 2. The molecule has 0 aliphatic heterocycles. The zero-order valence-electron chi connectivity index (χ0n) is 14.1. The topological polar surface area (TPSA) is 39.7 Å². The van der Waals surface area contributed by atoms with E-state index in [0.29, 0.717) is 5.92 Å². The van der Waals surface area contributed by atoms with E-state index in [2.05, 4.69) is 72.6 Å². The van der Waals surface area contributed by atoms with Crippen molar-refractivity contribution in [2.45, 2.75) is 33.9 Å². The molecule has 0 radical (unpaired) electrons. The minimum absolute atomic E-state index is 0.608. The Labute approximate surface area is 129 Å². The third kappa shape index (κ3) is 7.14. The summed E-state index contributed by atoms with van der Waals surface area (Å²) in [5, 5.41) is 6.69. The van der Waals surface area contributed by atoms with E-state index in [0.717, 1.165) is 32.1 Å². The van der Waals surface area contributed by atoms with Crippen molar-refractivity contribution in [1.82, 2.24) is 15.5 Å². The molecule has 1 rings (SSSR count). The van der Waals surface area contributed by atoms with Crippen LogP contribution in [-0.2, 0) is 13.1 Å². The minimum Gasteiger partial charge on any atom is -0.356 e. The third-order valence-electron chi connectivity index (χ3n) is 3.35. The SMILES string of the molecule is CCN(C)Cc1cccc(CNC(=NC)NCC(C)C)c1. The predicted molar refractivity (Wildman–Crippen MR) is 91.5 cm³/mol. The molecular formula is C17H30N4. The Bertz CT molecular complexity index is 440. The lowest BCUT2D eigenvalue weighted by molar-refractivity contribution is 0.345. The Hall–Kier alpha value is -1.55. The maximum absolute atomic E-state index is 4.25. The van der Waals surface area contributed by atoms with Gasteiger partial charge in [-0.05, 0) is 30.6 Å². The fourth-order valence-corrected chi connectivity index (χ4v) is 1.97. The molecule has 1 aromatic rings. The molecule has 21 heavy (non-hydrogen) atoms. The van der Waals surface area contributed by atoms with Crippen molar-refractivity contribution in [1.29, 1.82) is 0 Å². The summed E-state index contributed by atoms with van der Waals surface area (Å²) in [4.78, 5) is 6.55. The molecule has 0 aliphatic rings. The van der Waals surface area contributed by atoms with E-state index in [1.807, 2.05) is 7.05 Å². The molecule has 0 bridgehead atoms. The van der Waals surface area contributed by atoms with Gasteiger partial charge >= 0.3 is 0 Å². The van der Waals surface area contributed by atoms with Gasteiger partial charge in [-0.1, -0.05) is 45.0 Å². The van der Waals surface area contributed by atoms with Gasteiger partial charge in [0.2, 0.25) is 0 Å². The molecule has 0 amide bonds. The lowest BCUT2D eigenvalue weighted by Crippen LogP contribution is -2.38. The predicted octanol–water partition coefficient (Wildman–Crippen LogP) is 2.46. The highest BCUT2D eigenvalue weighted by Gasteiger charge is 2.02. The van der Waals surface area contributed by atoms with Crippen LogP contribution in [0.2, 0.25) is 0 Å². The first-order valence-corrected chi connectivity index (χ1v) is 7.76. The molecule has 0 aromatic heterocycles. The number of guanidine groups is 1. The van der Waals surface area contributed by atoms with Crippen molar-refractivity contribution in [3.63, 3.8) is 0 Å². The maximum atomic E-state index is 4.25. The summed E-state index contributed by atoms with van der Waals surface area (Å²) in [6.07, 6.45) is 0. The van der Waals surface area contributed by atoms with Gasteiger partial charge in [-0.15, -0.1) is 0 Å². The summed E-state index contributed by atoms with van der Waals surface area (Å²) < 4.78 is 0. The second-order valence-corrected chi connectivity index (χ2v) is 5.85. The molecule has 0 saturated heterocycles. The summed E-state index contributed by atoms with van der Waals surface area (Å²) >= 11 is 0. The summed E-state index contributed by atoms with van der Waals surface area (Å²) in [5.74, 6) is 1.47. The molecule has 0 fully saturated rings. The van der Waals surface area contributed by atoms with Crippen LogP contribution in [0.4, 0.5) is 0 Å². The Morgan fingerprint density at radius 2 is 1.95 bits per heavy atom. The first kappa shape index (κ1) is 17.5. The Morgan fingerprint density at radius 1 is 1.24 bits per heavy atom. The minimum atomic E-state index is 0.608. The number of rotatable bonds is 7. The maximum Gasteiger partial charge on any atom is 0.191 e. The average Bonchev–Trinajstić information content (AvgIpc) is 2.47. The Kier molecular flexibility index (Phi) is 7.83. The van der Waals surface area contributed by atoms with Crippen LogP contribution in [0.3, 0.4) is 0 Å². The zero-order chi connectivity index (χ0) is 15.7. The normalized spacial score (nSPS) is 12.0. The highest BCUT2D eigenvalue weighted by Crippen LogP contribution is 2.07. The van der Waals surface area contributed by atoms with Crippen molar-refractivity contribution in [2.24, 2.45) is 10.9 Å². The molecule has 0 saturated carbocycles. The standard InChI is InChI=1S/C17H30N4/c1-6-21(5)13-16-9-7-8-15(10-16)12-20-17(18-4)19-11-14(2)3/h7-10,14H,6,11-13H2,1-5H3,(H2,18,19,20). The molecule has 0 spiro atoms. The lowest BCUT2D eigenvalue weighted by atomic mass is 10.1. The van der Waals surface area contributed by atoms with Crippen molar-refractivity contribution in [2.75, 3.05) is 27.2 Å². The molecule has 4 nitrogen and oxygen atoms in total. The van der Waals surface area contributed by atoms with Gasteiger partial charge in [0.25, 0.3) is 0 Å². The van der Waals surface area contributed by atoms with Crippen LogP contribution in [0.5, 0.6) is 0 Å². The van der Waals surface area contributed by atoms with Crippen LogP contribution < -0.4 is 10.6 Å².